The van der Waals surface area contributed by atoms with Gasteiger partial charge in [0.05, 0.1) is 13.2 Å². The number of hydrogen-bond acceptors (Lipinski definition) is 2. The van der Waals surface area contributed by atoms with Crippen LogP contribution in [0.1, 0.15) is 19.3 Å². The summed E-state index contributed by atoms with van der Waals surface area (Å²) in [4.78, 5) is 0. The van der Waals surface area contributed by atoms with Gasteiger partial charge in [-0.05, 0) is 108 Å². The van der Waals surface area contributed by atoms with E-state index in [0.717, 1.165) is 83.4 Å². The largest absolute Gasteiger partial charge is 0.493 e. The SMILES string of the molecule is OC[C@@]1(COc2ccccc2)[C@@H]2[C@@H]3CC[C@H]4[C@@H]5[C@@H]6CC=C7[C@H]6[C@@H]6[C@H]5[C@H]([C@@H]34)[C@@H]2[C@H]6[C@@H]71. The van der Waals surface area contributed by atoms with Crippen molar-refractivity contribution < 1.29 is 9.84 Å². The summed E-state index contributed by atoms with van der Waals surface area (Å²) in [5, 5.41) is 11.1. The molecule has 1 aromatic carbocycles. The molecule has 0 aromatic heterocycles. The first-order valence-electron chi connectivity index (χ1n) is 12.3. The van der Waals surface area contributed by atoms with Crippen molar-refractivity contribution >= 4 is 0 Å². The van der Waals surface area contributed by atoms with Crippen LogP contribution >= 0.6 is 0 Å². The number of para-hydroxylation sites is 1. The van der Waals surface area contributed by atoms with Crippen molar-refractivity contribution in [2.24, 2.45) is 82.3 Å². The van der Waals surface area contributed by atoms with E-state index in [-0.39, 0.29) is 5.41 Å². The molecule has 9 rings (SSSR count). The van der Waals surface area contributed by atoms with Gasteiger partial charge in [-0.25, -0.2) is 0 Å². The van der Waals surface area contributed by atoms with Crippen LogP contribution in [0.4, 0.5) is 0 Å². The molecule has 0 spiro atoms. The molecular formula is C27H30O2. The summed E-state index contributed by atoms with van der Waals surface area (Å²) in [6.07, 6.45) is 6.99. The molecule has 150 valence electrons. The van der Waals surface area contributed by atoms with Gasteiger partial charge in [0, 0.05) is 5.41 Å². The van der Waals surface area contributed by atoms with Crippen LogP contribution in [0.5, 0.6) is 5.75 Å². The van der Waals surface area contributed by atoms with Crippen LogP contribution in [0, 0.1) is 82.3 Å². The molecule has 0 radical (unpaired) electrons. The second-order valence-electron chi connectivity index (χ2n) is 12.1. The second kappa shape index (κ2) is 4.64. The molecule has 0 bridgehead atoms. The lowest BCUT2D eigenvalue weighted by Crippen LogP contribution is -2.45. The maximum absolute atomic E-state index is 11.1. The molecule has 1 N–H and O–H groups in total. The van der Waals surface area contributed by atoms with E-state index < -0.39 is 0 Å². The average molecular weight is 387 g/mol. The molecule has 7 saturated carbocycles. The standard InChI is InChI=1S/C27H30O2/c28-10-27(11-29-12-4-2-1-3-5-12)25-15-8-6-13-17-14-7-9-16-19(14)22-20(17)21(18(13)15)23(25)24(22)26(16)27/h1-5,8,13-14,16-26,28H,6-7,9-11H2/t13-,14-,16+,17-,18-,19+,20-,21+,22-,23-,24+,25+,26+,27-/m0/s1. The fraction of sp³-hybridized carbons (Fsp3) is 0.704. The molecule has 0 aliphatic heterocycles. The summed E-state index contributed by atoms with van der Waals surface area (Å²) in [5.41, 5.74) is 1.79. The molecule has 0 amide bonds. The lowest BCUT2D eigenvalue weighted by atomic mass is 9.64. The van der Waals surface area contributed by atoms with Gasteiger partial charge in [0.2, 0.25) is 0 Å². The molecule has 29 heavy (non-hydrogen) atoms. The van der Waals surface area contributed by atoms with Crippen LogP contribution in [-0.4, -0.2) is 18.3 Å². The molecule has 7 fully saturated rings. The van der Waals surface area contributed by atoms with Gasteiger partial charge in [0.15, 0.2) is 0 Å². The van der Waals surface area contributed by atoms with E-state index in [1.165, 1.54) is 19.3 Å². The number of ether oxygens (including phenoxy) is 1. The van der Waals surface area contributed by atoms with Crippen LogP contribution in [0.2, 0.25) is 0 Å². The number of allylic oxidation sites excluding steroid dienone is 2. The van der Waals surface area contributed by atoms with Gasteiger partial charge in [-0.2, -0.15) is 0 Å². The van der Waals surface area contributed by atoms with Gasteiger partial charge in [0.1, 0.15) is 5.75 Å². The Balaban J connectivity index is 1.24. The Hall–Kier alpha value is -1.28. The van der Waals surface area contributed by atoms with E-state index in [0.29, 0.717) is 12.5 Å². The molecule has 14 atom stereocenters. The molecule has 8 aliphatic carbocycles. The van der Waals surface area contributed by atoms with Crippen molar-refractivity contribution in [3.05, 3.63) is 42.0 Å². The normalized spacial score (nSPS) is 62.5. The third-order valence-corrected chi connectivity index (χ3v) is 12.3. The van der Waals surface area contributed by atoms with E-state index in [4.69, 9.17) is 4.74 Å². The number of rotatable bonds is 4. The van der Waals surface area contributed by atoms with Gasteiger partial charge < -0.3 is 9.84 Å². The Kier molecular flexibility index (Phi) is 2.48. The fourth-order valence-electron chi connectivity index (χ4n) is 12.6. The monoisotopic (exact) mass is 386 g/mol. The third kappa shape index (κ3) is 1.36. The van der Waals surface area contributed by atoms with Crippen LogP contribution < -0.4 is 4.74 Å². The number of fused-ring (bicyclic) bond motifs is 4. The minimum Gasteiger partial charge on any atom is -0.493 e. The first kappa shape index (κ1) is 15.5. The molecule has 2 nitrogen and oxygen atoms in total. The summed E-state index contributed by atoms with van der Waals surface area (Å²) in [6, 6.07) is 10.4. The van der Waals surface area contributed by atoms with Crippen molar-refractivity contribution in [1.82, 2.24) is 0 Å². The van der Waals surface area contributed by atoms with Crippen LogP contribution in [0.3, 0.4) is 0 Å². The highest BCUT2D eigenvalue weighted by molar-refractivity contribution is 5.43. The zero-order valence-corrected chi connectivity index (χ0v) is 16.9. The zero-order chi connectivity index (χ0) is 18.6. The number of aliphatic hydroxyl groups excluding tert-OH is 1. The molecule has 0 heterocycles. The van der Waals surface area contributed by atoms with Crippen molar-refractivity contribution in [3.63, 3.8) is 0 Å². The summed E-state index contributed by atoms with van der Waals surface area (Å²) < 4.78 is 6.50. The van der Waals surface area contributed by atoms with Gasteiger partial charge >= 0.3 is 0 Å². The van der Waals surface area contributed by atoms with Gasteiger partial charge in [-0.15, -0.1) is 0 Å². The van der Waals surface area contributed by atoms with E-state index in [1.54, 1.807) is 0 Å². The minimum absolute atomic E-state index is 0.0272. The fourth-order valence-corrected chi connectivity index (χ4v) is 12.6. The maximum Gasteiger partial charge on any atom is 0.119 e. The summed E-state index contributed by atoms with van der Waals surface area (Å²) >= 11 is 0. The molecule has 2 heteroatoms. The first-order valence-corrected chi connectivity index (χ1v) is 12.3. The minimum atomic E-state index is -0.0272. The summed E-state index contributed by atoms with van der Waals surface area (Å²) in [7, 11) is 0. The average Bonchev–Trinajstić information content (AvgIpc) is 3.53. The van der Waals surface area contributed by atoms with E-state index in [2.05, 4.69) is 36.4 Å². The van der Waals surface area contributed by atoms with E-state index >= 15 is 0 Å². The summed E-state index contributed by atoms with van der Waals surface area (Å²) in [5.74, 6) is 13.1. The Morgan fingerprint density at radius 2 is 1.66 bits per heavy atom. The third-order valence-electron chi connectivity index (χ3n) is 12.3. The summed E-state index contributed by atoms with van der Waals surface area (Å²) in [6.45, 7) is 1.06. The Morgan fingerprint density at radius 3 is 2.52 bits per heavy atom. The lowest BCUT2D eigenvalue weighted by Gasteiger charge is -2.42. The first-order chi connectivity index (χ1) is 14.3. The number of hydrogen-bond donors (Lipinski definition) is 1. The van der Waals surface area contributed by atoms with E-state index in [1.807, 2.05) is 5.57 Å². The quantitative estimate of drug-likeness (QED) is 0.784. The van der Waals surface area contributed by atoms with Crippen molar-refractivity contribution in [2.45, 2.75) is 19.3 Å². The van der Waals surface area contributed by atoms with E-state index in [9.17, 15) is 5.11 Å². The highest BCUT2D eigenvalue weighted by Gasteiger charge is 2.86. The highest BCUT2D eigenvalue weighted by atomic mass is 16.5. The van der Waals surface area contributed by atoms with Crippen LogP contribution in [0.25, 0.3) is 0 Å². The van der Waals surface area contributed by atoms with Crippen molar-refractivity contribution in [3.8, 4) is 5.75 Å². The zero-order valence-electron chi connectivity index (χ0n) is 16.9. The maximum atomic E-state index is 11.1. The second-order valence-corrected chi connectivity index (χ2v) is 12.1. The lowest BCUT2D eigenvalue weighted by molar-refractivity contribution is -0.0199. The molecule has 8 aliphatic rings. The molecule has 1 aromatic rings. The van der Waals surface area contributed by atoms with Crippen LogP contribution in [0.15, 0.2) is 42.0 Å². The van der Waals surface area contributed by atoms with Crippen LogP contribution in [-0.2, 0) is 0 Å². The van der Waals surface area contributed by atoms with Gasteiger partial charge in [0.25, 0.3) is 0 Å². The number of benzene rings is 1. The Bertz CT molecular complexity index is 951. The highest BCUT2D eigenvalue weighted by Crippen LogP contribution is 2.90. The number of aliphatic hydroxyl groups is 1. The molecule has 0 saturated heterocycles. The van der Waals surface area contributed by atoms with Crippen molar-refractivity contribution in [2.75, 3.05) is 13.2 Å². The van der Waals surface area contributed by atoms with Crippen molar-refractivity contribution in [1.29, 1.82) is 0 Å². The predicted molar refractivity (Wildman–Crippen MR) is 109 cm³/mol. The van der Waals surface area contributed by atoms with Gasteiger partial charge in [-0.1, -0.05) is 29.8 Å². The molecular weight excluding hydrogens is 356 g/mol. The Morgan fingerprint density at radius 1 is 0.862 bits per heavy atom. The molecule has 0 unspecified atom stereocenters. The topological polar surface area (TPSA) is 29.5 Å². The Labute approximate surface area is 172 Å². The predicted octanol–water partition coefficient (Wildman–Crippen LogP) is 4.26. The smallest absolute Gasteiger partial charge is 0.119 e. The van der Waals surface area contributed by atoms with Gasteiger partial charge in [-0.3, -0.25) is 0 Å².